The number of hydrogen-bond acceptors (Lipinski definition) is 2. The molecule has 0 spiro atoms. The van der Waals surface area contributed by atoms with E-state index in [-0.39, 0.29) is 5.78 Å². The molecule has 138 valence electrons. The third kappa shape index (κ3) is 3.87. The van der Waals surface area contributed by atoms with Crippen LogP contribution in [0.25, 0.3) is 0 Å². The van der Waals surface area contributed by atoms with E-state index >= 15 is 0 Å². The molecule has 1 unspecified atom stereocenters. The van der Waals surface area contributed by atoms with Crippen LogP contribution in [-0.4, -0.2) is 28.8 Å². The van der Waals surface area contributed by atoms with Gasteiger partial charge < -0.3 is 0 Å². The molecule has 0 saturated carbocycles. The summed E-state index contributed by atoms with van der Waals surface area (Å²) in [5.74, 6) is 0.0970. The van der Waals surface area contributed by atoms with Crippen LogP contribution in [0.2, 0.25) is 5.02 Å². The number of aryl methyl sites for hydroxylation is 1. The summed E-state index contributed by atoms with van der Waals surface area (Å²) >= 11 is 5.97. The van der Waals surface area contributed by atoms with Gasteiger partial charge >= 0.3 is 0 Å². The molecule has 0 heterocycles. The lowest BCUT2D eigenvalue weighted by atomic mass is 9.82. The summed E-state index contributed by atoms with van der Waals surface area (Å²) in [6, 6.07) is 14.9. The predicted octanol–water partition coefficient (Wildman–Crippen LogP) is 5.55. The third-order valence-corrected chi connectivity index (χ3v) is 5.68. The molecule has 26 heavy (non-hydrogen) atoms. The zero-order chi connectivity index (χ0) is 18.8. The first-order valence-corrected chi connectivity index (χ1v) is 9.94. The molecule has 1 aliphatic rings. The van der Waals surface area contributed by atoms with Crippen LogP contribution in [0.15, 0.2) is 42.5 Å². The van der Waals surface area contributed by atoms with Crippen molar-refractivity contribution in [2.24, 2.45) is 0 Å². The van der Waals surface area contributed by atoms with Crippen LogP contribution in [0, 0.1) is 0 Å². The fourth-order valence-corrected chi connectivity index (χ4v) is 4.56. The largest absolute Gasteiger partial charge is 0.295 e. The van der Waals surface area contributed by atoms with Crippen LogP contribution in [0.4, 0.5) is 0 Å². The minimum atomic E-state index is 0.0970. The van der Waals surface area contributed by atoms with Gasteiger partial charge in [-0.2, -0.15) is 0 Å². The Morgan fingerprint density at radius 3 is 2.31 bits per heavy atom. The normalized spacial score (nSPS) is 17.0. The van der Waals surface area contributed by atoms with Crippen molar-refractivity contribution in [3.63, 3.8) is 0 Å². The highest BCUT2D eigenvalue weighted by Gasteiger charge is 2.30. The lowest BCUT2D eigenvalue weighted by molar-refractivity contribution is 0.0997. The van der Waals surface area contributed by atoms with Gasteiger partial charge in [-0.3, -0.25) is 9.69 Å². The van der Waals surface area contributed by atoms with E-state index in [2.05, 4.69) is 38.7 Å². The molecule has 1 atom stereocenters. The molecule has 0 bridgehead atoms. The maximum absolute atomic E-state index is 13.1. The van der Waals surface area contributed by atoms with Crippen molar-refractivity contribution in [2.75, 3.05) is 0 Å². The molecule has 0 aromatic heterocycles. The molecule has 0 amide bonds. The molecule has 3 heteroatoms. The molecule has 2 aromatic carbocycles. The van der Waals surface area contributed by atoms with Crippen LogP contribution in [0.3, 0.4) is 0 Å². The first kappa shape index (κ1) is 19.1. The van der Waals surface area contributed by atoms with Gasteiger partial charge in [0.2, 0.25) is 0 Å². The molecule has 3 rings (SSSR count). The van der Waals surface area contributed by atoms with Crippen molar-refractivity contribution in [1.82, 2.24) is 4.90 Å². The number of fused-ring (bicyclic) bond motifs is 1. The summed E-state index contributed by atoms with van der Waals surface area (Å²) < 4.78 is 0. The van der Waals surface area contributed by atoms with E-state index in [9.17, 15) is 4.79 Å². The smallest absolute Gasteiger partial charge is 0.193 e. The second-order valence-electron chi connectivity index (χ2n) is 7.81. The number of halogens is 1. The van der Waals surface area contributed by atoms with E-state index < -0.39 is 0 Å². The molecule has 2 aromatic rings. The second-order valence-corrected chi connectivity index (χ2v) is 8.25. The lowest BCUT2D eigenvalue weighted by Gasteiger charge is -2.41. The Balaban J connectivity index is 1.94. The Bertz CT molecular complexity index is 771. The van der Waals surface area contributed by atoms with Crippen molar-refractivity contribution < 1.29 is 4.79 Å². The number of benzene rings is 2. The maximum Gasteiger partial charge on any atom is 0.193 e. The standard InChI is InChI=1S/C23H28ClNO/c1-15(2)25(16(3)4)20-13-10-17-6-5-7-21(22(17)14-20)23(26)18-8-11-19(24)12-9-18/h5-9,11-12,15-16,20H,10,13-14H2,1-4H3. The van der Waals surface area contributed by atoms with E-state index in [4.69, 9.17) is 11.6 Å². The minimum absolute atomic E-state index is 0.0970. The average molecular weight is 370 g/mol. The Morgan fingerprint density at radius 1 is 1.04 bits per heavy atom. The zero-order valence-electron chi connectivity index (χ0n) is 16.1. The number of carbonyl (C=O) groups excluding carboxylic acids is 1. The van der Waals surface area contributed by atoms with E-state index in [1.165, 1.54) is 11.1 Å². The maximum atomic E-state index is 13.1. The summed E-state index contributed by atoms with van der Waals surface area (Å²) in [6.45, 7) is 9.06. The van der Waals surface area contributed by atoms with Crippen LogP contribution in [0.1, 0.15) is 61.2 Å². The topological polar surface area (TPSA) is 20.3 Å². The van der Waals surface area contributed by atoms with Crippen molar-refractivity contribution >= 4 is 17.4 Å². The minimum Gasteiger partial charge on any atom is -0.295 e. The molecule has 1 aliphatic carbocycles. The van der Waals surface area contributed by atoms with Crippen LogP contribution in [-0.2, 0) is 12.8 Å². The van der Waals surface area contributed by atoms with Crippen LogP contribution in [0.5, 0.6) is 0 Å². The Kier molecular flexibility index (Phi) is 5.84. The zero-order valence-corrected chi connectivity index (χ0v) is 16.9. The van der Waals surface area contributed by atoms with Gasteiger partial charge in [0.15, 0.2) is 5.78 Å². The van der Waals surface area contributed by atoms with E-state index in [0.717, 1.165) is 24.8 Å². The van der Waals surface area contributed by atoms with Gasteiger partial charge in [-0.15, -0.1) is 0 Å². The first-order valence-electron chi connectivity index (χ1n) is 9.57. The highest BCUT2D eigenvalue weighted by molar-refractivity contribution is 6.30. The van der Waals surface area contributed by atoms with Crippen molar-refractivity contribution in [2.45, 2.75) is 65.1 Å². The molecule has 0 fully saturated rings. The molecule has 0 N–H and O–H groups in total. The number of ketones is 1. The number of nitrogens with zero attached hydrogens (tertiary/aromatic N) is 1. The Hall–Kier alpha value is -1.64. The number of rotatable bonds is 5. The quantitative estimate of drug-likeness (QED) is 0.644. The summed E-state index contributed by atoms with van der Waals surface area (Å²) in [5, 5.41) is 0.654. The first-order chi connectivity index (χ1) is 12.4. The highest BCUT2D eigenvalue weighted by atomic mass is 35.5. The summed E-state index contributed by atoms with van der Waals surface area (Å²) in [4.78, 5) is 15.7. The van der Waals surface area contributed by atoms with E-state index in [1.54, 1.807) is 12.1 Å². The fourth-order valence-electron chi connectivity index (χ4n) is 4.43. The van der Waals surface area contributed by atoms with Gasteiger partial charge in [0.05, 0.1) is 0 Å². The molecule has 0 radical (unpaired) electrons. The SMILES string of the molecule is CC(C)N(C(C)C)C1CCc2cccc(C(=O)c3ccc(Cl)cc3)c2C1. The van der Waals surface area contributed by atoms with Crippen molar-refractivity contribution in [3.05, 3.63) is 69.7 Å². The third-order valence-electron chi connectivity index (χ3n) is 5.42. The summed E-state index contributed by atoms with van der Waals surface area (Å²) in [6.07, 6.45) is 3.14. The number of hydrogen-bond donors (Lipinski definition) is 0. The average Bonchev–Trinajstić information content (AvgIpc) is 2.60. The molecule has 2 nitrogen and oxygen atoms in total. The fraction of sp³-hybridized carbons (Fsp3) is 0.435. The number of carbonyl (C=O) groups is 1. The van der Waals surface area contributed by atoms with Crippen molar-refractivity contribution in [3.8, 4) is 0 Å². The summed E-state index contributed by atoms with van der Waals surface area (Å²) in [7, 11) is 0. The molecular formula is C23H28ClNO. The van der Waals surface area contributed by atoms with Crippen LogP contribution < -0.4 is 0 Å². The van der Waals surface area contributed by atoms with Gasteiger partial charge in [0.1, 0.15) is 0 Å². The van der Waals surface area contributed by atoms with Crippen molar-refractivity contribution in [1.29, 1.82) is 0 Å². The molecular weight excluding hydrogens is 342 g/mol. The van der Waals surface area contributed by atoms with E-state index in [1.807, 2.05) is 24.3 Å². The Morgan fingerprint density at radius 2 is 1.69 bits per heavy atom. The molecule has 0 saturated heterocycles. The lowest BCUT2D eigenvalue weighted by Crippen LogP contribution is -2.47. The second kappa shape index (κ2) is 7.94. The van der Waals surface area contributed by atoms with Crippen LogP contribution >= 0.6 is 11.6 Å². The highest BCUT2D eigenvalue weighted by Crippen LogP contribution is 2.30. The summed E-state index contributed by atoms with van der Waals surface area (Å²) in [5.41, 5.74) is 4.11. The van der Waals surface area contributed by atoms with Gasteiger partial charge in [0.25, 0.3) is 0 Å². The van der Waals surface area contributed by atoms with Gasteiger partial charge in [-0.05, 0) is 82.3 Å². The van der Waals surface area contributed by atoms with Gasteiger partial charge in [-0.1, -0.05) is 29.8 Å². The van der Waals surface area contributed by atoms with Gasteiger partial charge in [0, 0.05) is 34.3 Å². The van der Waals surface area contributed by atoms with E-state index in [0.29, 0.717) is 28.7 Å². The van der Waals surface area contributed by atoms with Gasteiger partial charge in [-0.25, -0.2) is 0 Å². The predicted molar refractivity (Wildman–Crippen MR) is 109 cm³/mol. The monoisotopic (exact) mass is 369 g/mol. The molecule has 0 aliphatic heterocycles. The Labute approximate surface area is 162 Å².